The second-order valence-corrected chi connectivity index (χ2v) is 6.12. The summed E-state index contributed by atoms with van der Waals surface area (Å²) in [5.74, 6) is -1.48. The van der Waals surface area contributed by atoms with Crippen LogP contribution in [0.15, 0.2) is 18.2 Å². The lowest BCUT2D eigenvalue weighted by molar-refractivity contribution is -0.186. The fourth-order valence-corrected chi connectivity index (χ4v) is 3.32. The van der Waals surface area contributed by atoms with Crippen LogP contribution in [0.5, 0.6) is 0 Å². The first-order valence-electron chi connectivity index (χ1n) is 6.57. The van der Waals surface area contributed by atoms with E-state index in [0.29, 0.717) is 28.5 Å². The van der Waals surface area contributed by atoms with Gasteiger partial charge in [0.25, 0.3) is 0 Å². The van der Waals surface area contributed by atoms with Crippen LogP contribution in [0.4, 0.5) is 13.2 Å². The number of rotatable bonds is 2. The average molecular weight is 326 g/mol. The molecule has 0 heterocycles. The van der Waals surface area contributed by atoms with Crippen molar-refractivity contribution >= 4 is 23.2 Å². The van der Waals surface area contributed by atoms with Crippen molar-refractivity contribution in [3.05, 3.63) is 33.8 Å². The number of nitrogens with two attached hydrogens (primary N) is 1. The van der Waals surface area contributed by atoms with Crippen molar-refractivity contribution < 1.29 is 13.2 Å². The van der Waals surface area contributed by atoms with E-state index in [2.05, 4.69) is 0 Å². The monoisotopic (exact) mass is 325 g/mol. The van der Waals surface area contributed by atoms with E-state index >= 15 is 0 Å². The summed E-state index contributed by atoms with van der Waals surface area (Å²) < 4.78 is 38.5. The van der Waals surface area contributed by atoms with Crippen LogP contribution in [0.2, 0.25) is 10.0 Å². The summed E-state index contributed by atoms with van der Waals surface area (Å²) >= 11 is 12.0. The first kappa shape index (κ1) is 15.9. The van der Waals surface area contributed by atoms with Crippen LogP contribution in [0.25, 0.3) is 0 Å². The van der Waals surface area contributed by atoms with Crippen LogP contribution < -0.4 is 5.73 Å². The zero-order valence-electron chi connectivity index (χ0n) is 10.8. The Morgan fingerprint density at radius 2 is 1.90 bits per heavy atom. The maximum atomic E-state index is 12.8. The van der Waals surface area contributed by atoms with E-state index in [1.165, 1.54) is 0 Å². The molecule has 0 radical (unpaired) electrons. The van der Waals surface area contributed by atoms with E-state index in [-0.39, 0.29) is 18.8 Å². The Morgan fingerprint density at radius 3 is 2.55 bits per heavy atom. The first-order chi connectivity index (χ1) is 9.30. The fourth-order valence-electron chi connectivity index (χ4n) is 2.88. The second kappa shape index (κ2) is 6.12. The first-order valence-corrected chi connectivity index (χ1v) is 7.32. The van der Waals surface area contributed by atoms with Crippen LogP contribution in [0, 0.1) is 11.8 Å². The highest BCUT2D eigenvalue weighted by Crippen LogP contribution is 2.44. The van der Waals surface area contributed by atoms with Gasteiger partial charge in [0.2, 0.25) is 0 Å². The minimum absolute atomic E-state index is 0.0630. The maximum Gasteiger partial charge on any atom is 0.391 e. The molecule has 3 unspecified atom stereocenters. The molecule has 0 amide bonds. The molecule has 2 rings (SSSR count). The van der Waals surface area contributed by atoms with Crippen molar-refractivity contribution in [2.75, 3.05) is 0 Å². The van der Waals surface area contributed by atoms with E-state index in [0.717, 1.165) is 0 Å². The minimum atomic E-state index is -4.14. The Kier molecular flexibility index (Phi) is 4.88. The molecule has 1 aliphatic carbocycles. The van der Waals surface area contributed by atoms with Crippen LogP contribution >= 0.6 is 23.2 Å². The zero-order valence-corrected chi connectivity index (χ0v) is 12.3. The smallest absolute Gasteiger partial charge is 0.324 e. The number of alkyl halides is 3. The van der Waals surface area contributed by atoms with E-state index < -0.39 is 18.1 Å². The van der Waals surface area contributed by atoms with Crippen LogP contribution in [-0.4, -0.2) is 6.18 Å². The Labute approximate surface area is 126 Å². The number of hydrogen-bond acceptors (Lipinski definition) is 1. The summed E-state index contributed by atoms with van der Waals surface area (Å²) in [6.45, 7) is 0. The molecule has 2 N–H and O–H groups in total. The predicted molar refractivity (Wildman–Crippen MR) is 74.9 cm³/mol. The topological polar surface area (TPSA) is 26.0 Å². The van der Waals surface area contributed by atoms with Gasteiger partial charge in [-0.2, -0.15) is 13.2 Å². The van der Waals surface area contributed by atoms with Gasteiger partial charge in [0, 0.05) is 6.04 Å². The van der Waals surface area contributed by atoms with E-state index in [1.54, 1.807) is 18.2 Å². The van der Waals surface area contributed by atoms with Crippen molar-refractivity contribution in [1.82, 2.24) is 0 Å². The van der Waals surface area contributed by atoms with Gasteiger partial charge >= 0.3 is 6.18 Å². The molecule has 1 aliphatic rings. The van der Waals surface area contributed by atoms with Crippen LogP contribution in [0.3, 0.4) is 0 Å². The summed E-state index contributed by atoms with van der Waals surface area (Å²) in [7, 11) is 0. The Morgan fingerprint density at radius 1 is 1.20 bits per heavy atom. The highest BCUT2D eigenvalue weighted by Gasteiger charge is 2.43. The lowest BCUT2D eigenvalue weighted by atomic mass is 9.76. The largest absolute Gasteiger partial charge is 0.391 e. The molecule has 3 atom stereocenters. The van der Waals surface area contributed by atoms with Crippen LogP contribution in [-0.2, 0) is 0 Å². The zero-order chi connectivity index (χ0) is 14.9. The van der Waals surface area contributed by atoms with Gasteiger partial charge < -0.3 is 5.73 Å². The van der Waals surface area contributed by atoms with Crippen molar-refractivity contribution in [3.63, 3.8) is 0 Å². The molecule has 1 aromatic carbocycles. The quantitative estimate of drug-likeness (QED) is 0.778. The fraction of sp³-hybridized carbons (Fsp3) is 0.571. The third-order valence-electron chi connectivity index (χ3n) is 4.03. The highest BCUT2D eigenvalue weighted by molar-refractivity contribution is 6.42. The van der Waals surface area contributed by atoms with Crippen LogP contribution in [0.1, 0.15) is 37.3 Å². The molecule has 0 saturated heterocycles. The number of benzene rings is 1. The van der Waals surface area contributed by atoms with Crippen molar-refractivity contribution in [2.45, 2.75) is 37.9 Å². The molecule has 1 aromatic rings. The van der Waals surface area contributed by atoms with Gasteiger partial charge in [0.05, 0.1) is 16.0 Å². The molecular weight excluding hydrogens is 310 g/mol. The standard InChI is InChI=1S/C14H16Cl2F3N/c15-11-6-2-5-10(12(11)16)13(20)8-3-1-4-9(7-8)14(17,18)19/h2,5-6,8-9,13H,1,3-4,7,20H2. The molecule has 0 bridgehead atoms. The molecule has 6 heteroatoms. The molecule has 0 aliphatic heterocycles. The van der Waals surface area contributed by atoms with E-state index in [4.69, 9.17) is 28.9 Å². The minimum Gasteiger partial charge on any atom is -0.324 e. The molecule has 0 aromatic heterocycles. The average Bonchev–Trinajstić information content (AvgIpc) is 2.40. The molecule has 0 spiro atoms. The van der Waals surface area contributed by atoms with Crippen molar-refractivity contribution in [1.29, 1.82) is 0 Å². The van der Waals surface area contributed by atoms with E-state index in [9.17, 15) is 13.2 Å². The Balaban J connectivity index is 2.16. The lowest BCUT2D eigenvalue weighted by Gasteiger charge is -2.34. The Hall–Kier alpha value is -0.450. The molecule has 20 heavy (non-hydrogen) atoms. The van der Waals surface area contributed by atoms with Gasteiger partial charge in [-0.25, -0.2) is 0 Å². The number of halogens is 5. The SMILES string of the molecule is NC(c1cccc(Cl)c1Cl)C1CCCC(C(F)(F)F)C1. The van der Waals surface area contributed by atoms with E-state index in [1.807, 2.05) is 0 Å². The summed E-state index contributed by atoms with van der Waals surface area (Å²) in [5.41, 5.74) is 6.77. The molecule has 112 valence electrons. The van der Waals surface area contributed by atoms with Gasteiger partial charge in [-0.15, -0.1) is 0 Å². The predicted octanol–water partition coefficient (Wildman–Crippen LogP) is 5.36. The molecule has 1 fully saturated rings. The van der Waals surface area contributed by atoms with Gasteiger partial charge in [-0.05, 0) is 36.8 Å². The highest BCUT2D eigenvalue weighted by atomic mass is 35.5. The molecular formula is C14H16Cl2F3N. The van der Waals surface area contributed by atoms with Crippen molar-refractivity contribution in [3.8, 4) is 0 Å². The lowest BCUT2D eigenvalue weighted by Crippen LogP contribution is -2.33. The van der Waals surface area contributed by atoms with Gasteiger partial charge in [-0.3, -0.25) is 0 Å². The molecule has 1 nitrogen and oxygen atoms in total. The van der Waals surface area contributed by atoms with Crippen molar-refractivity contribution in [2.24, 2.45) is 17.6 Å². The summed E-state index contributed by atoms with van der Waals surface area (Å²) in [6.07, 6.45) is -2.66. The molecule has 1 saturated carbocycles. The maximum absolute atomic E-state index is 12.8. The number of hydrogen-bond donors (Lipinski definition) is 1. The summed E-state index contributed by atoms with van der Waals surface area (Å²) in [4.78, 5) is 0. The second-order valence-electron chi connectivity index (χ2n) is 5.33. The van der Waals surface area contributed by atoms with Gasteiger partial charge in [-0.1, -0.05) is 41.8 Å². The summed E-state index contributed by atoms with van der Waals surface area (Å²) in [5, 5.41) is 0.721. The normalized spacial score (nSPS) is 25.5. The van der Waals surface area contributed by atoms with Gasteiger partial charge in [0.15, 0.2) is 0 Å². The third-order valence-corrected chi connectivity index (χ3v) is 4.86. The van der Waals surface area contributed by atoms with Gasteiger partial charge in [0.1, 0.15) is 0 Å². The third kappa shape index (κ3) is 3.41. The Bertz CT molecular complexity index is 476. The summed E-state index contributed by atoms with van der Waals surface area (Å²) in [6, 6.07) is 4.58.